The number of nitrogens with zero attached hydrogens (tertiary/aromatic N) is 5. The molecule has 0 unspecified atom stereocenters. The molecule has 1 aliphatic heterocycles. The van der Waals surface area contributed by atoms with Gasteiger partial charge in [-0.15, -0.1) is 31.7 Å². The lowest BCUT2D eigenvalue weighted by Crippen LogP contribution is -2.16. The van der Waals surface area contributed by atoms with Crippen molar-refractivity contribution in [1.29, 1.82) is 0 Å². The van der Waals surface area contributed by atoms with Gasteiger partial charge < -0.3 is 13.9 Å². The molecule has 0 amide bonds. The number of thiophene rings is 1. The predicted octanol–water partition coefficient (Wildman–Crippen LogP) is 4.54. The predicted molar refractivity (Wildman–Crippen MR) is 118 cm³/mol. The molecule has 0 radical (unpaired) electrons. The largest absolute Gasteiger partial charge is 0.497 e. The number of benzene rings is 1. The van der Waals surface area contributed by atoms with E-state index in [1.165, 1.54) is 11.8 Å². The van der Waals surface area contributed by atoms with Crippen LogP contribution in [0.5, 0.6) is 5.75 Å². The molecule has 0 spiro atoms. The van der Waals surface area contributed by atoms with E-state index in [1.807, 2.05) is 35.7 Å². The molecule has 31 heavy (non-hydrogen) atoms. The Balaban J connectivity index is 1.32. The summed E-state index contributed by atoms with van der Waals surface area (Å²) >= 11 is 3.19. The van der Waals surface area contributed by atoms with Gasteiger partial charge in [0, 0.05) is 12.2 Å². The Morgan fingerprint density at radius 1 is 1.16 bits per heavy atom. The van der Waals surface area contributed by atoms with E-state index in [-0.39, 0.29) is 6.10 Å². The lowest BCUT2D eigenvalue weighted by Gasteiger charge is -2.13. The van der Waals surface area contributed by atoms with E-state index >= 15 is 0 Å². The topological polar surface area (TPSA) is 88.1 Å². The van der Waals surface area contributed by atoms with Gasteiger partial charge in [0.2, 0.25) is 11.8 Å². The second kappa shape index (κ2) is 9.21. The van der Waals surface area contributed by atoms with Gasteiger partial charge in [0.25, 0.3) is 0 Å². The number of thioether (sulfide) groups is 1. The van der Waals surface area contributed by atoms with Gasteiger partial charge in [0.15, 0.2) is 11.0 Å². The second-order valence-corrected chi connectivity index (χ2v) is 8.94. The standard InChI is InChI=1S/C21H21N5O3S2/c1-27-15-8-6-14(7-9-15)20-24-22-18(29-20)13-31-21-25-23-19(17-5-3-11-30-17)26(21)12-16-4-2-10-28-16/h3,5-9,11,16H,2,4,10,12-13H2,1H3/t16-/m1/s1. The monoisotopic (exact) mass is 455 g/mol. The first-order valence-corrected chi connectivity index (χ1v) is 11.8. The molecule has 1 aliphatic rings. The fourth-order valence-corrected chi connectivity index (χ4v) is 4.93. The highest BCUT2D eigenvalue weighted by Gasteiger charge is 2.22. The summed E-state index contributed by atoms with van der Waals surface area (Å²) < 4.78 is 19.0. The van der Waals surface area contributed by atoms with Crippen LogP contribution in [0.25, 0.3) is 22.2 Å². The van der Waals surface area contributed by atoms with Crippen LogP contribution in [0.4, 0.5) is 0 Å². The van der Waals surface area contributed by atoms with Crippen molar-refractivity contribution >= 4 is 23.1 Å². The third kappa shape index (κ3) is 4.51. The molecule has 4 aromatic rings. The minimum absolute atomic E-state index is 0.194. The summed E-state index contributed by atoms with van der Waals surface area (Å²) in [6, 6.07) is 11.6. The lowest BCUT2D eigenvalue weighted by molar-refractivity contribution is 0.0953. The van der Waals surface area contributed by atoms with Gasteiger partial charge in [-0.25, -0.2) is 0 Å². The fourth-order valence-electron chi connectivity index (χ4n) is 3.43. The molecule has 5 rings (SSSR count). The van der Waals surface area contributed by atoms with Crippen LogP contribution in [0.15, 0.2) is 51.4 Å². The van der Waals surface area contributed by atoms with Crippen LogP contribution in [0.2, 0.25) is 0 Å². The molecule has 10 heteroatoms. The molecule has 0 bridgehead atoms. The highest BCUT2D eigenvalue weighted by molar-refractivity contribution is 7.98. The number of ether oxygens (including phenoxy) is 2. The molecule has 1 fully saturated rings. The van der Waals surface area contributed by atoms with E-state index in [1.54, 1.807) is 18.4 Å². The van der Waals surface area contributed by atoms with Crippen LogP contribution in [0, 0.1) is 0 Å². The first kappa shape index (κ1) is 20.2. The normalized spacial score (nSPS) is 16.1. The van der Waals surface area contributed by atoms with Gasteiger partial charge in [0.05, 0.1) is 30.4 Å². The van der Waals surface area contributed by atoms with Crippen LogP contribution in [0.1, 0.15) is 18.7 Å². The van der Waals surface area contributed by atoms with Crippen molar-refractivity contribution in [3.63, 3.8) is 0 Å². The molecule has 8 nitrogen and oxygen atoms in total. The average molecular weight is 456 g/mol. The number of aromatic nitrogens is 5. The lowest BCUT2D eigenvalue weighted by atomic mass is 10.2. The third-order valence-electron chi connectivity index (χ3n) is 5.00. The molecular weight excluding hydrogens is 434 g/mol. The van der Waals surface area contributed by atoms with E-state index in [2.05, 4.69) is 31.0 Å². The molecule has 3 aromatic heterocycles. The van der Waals surface area contributed by atoms with Crippen molar-refractivity contribution in [2.24, 2.45) is 0 Å². The van der Waals surface area contributed by atoms with Gasteiger partial charge in [-0.2, -0.15) is 0 Å². The van der Waals surface area contributed by atoms with E-state index in [0.29, 0.717) is 17.5 Å². The summed E-state index contributed by atoms with van der Waals surface area (Å²) in [6.07, 6.45) is 2.35. The van der Waals surface area contributed by atoms with Gasteiger partial charge in [-0.1, -0.05) is 17.8 Å². The summed E-state index contributed by atoms with van der Waals surface area (Å²) in [6.45, 7) is 1.56. The second-order valence-electron chi connectivity index (χ2n) is 7.05. The van der Waals surface area contributed by atoms with Gasteiger partial charge in [-0.3, -0.25) is 4.57 Å². The Morgan fingerprint density at radius 2 is 2.06 bits per heavy atom. The minimum atomic E-state index is 0.194. The zero-order chi connectivity index (χ0) is 21.0. The van der Waals surface area contributed by atoms with Crippen molar-refractivity contribution in [1.82, 2.24) is 25.0 Å². The van der Waals surface area contributed by atoms with E-state index in [0.717, 1.165) is 53.2 Å². The van der Waals surface area contributed by atoms with Crippen LogP contribution < -0.4 is 4.74 Å². The van der Waals surface area contributed by atoms with Gasteiger partial charge in [-0.05, 0) is 48.6 Å². The summed E-state index contributed by atoms with van der Waals surface area (Å²) in [7, 11) is 1.64. The molecule has 1 aromatic carbocycles. The van der Waals surface area contributed by atoms with Crippen molar-refractivity contribution in [2.75, 3.05) is 13.7 Å². The van der Waals surface area contributed by atoms with Crippen molar-refractivity contribution in [3.05, 3.63) is 47.7 Å². The van der Waals surface area contributed by atoms with Crippen LogP contribution in [-0.2, 0) is 17.0 Å². The maximum absolute atomic E-state index is 5.85. The third-order valence-corrected chi connectivity index (χ3v) is 6.81. The van der Waals surface area contributed by atoms with Crippen LogP contribution in [0.3, 0.4) is 0 Å². The van der Waals surface area contributed by atoms with E-state index in [4.69, 9.17) is 13.9 Å². The maximum Gasteiger partial charge on any atom is 0.247 e. The Morgan fingerprint density at radius 3 is 2.81 bits per heavy atom. The minimum Gasteiger partial charge on any atom is -0.497 e. The molecule has 160 valence electrons. The number of methoxy groups -OCH3 is 1. The van der Waals surface area contributed by atoms with Crippen molar-refractivity contribution in [2.45, 2.75) is 36.4 Å². The van der Waals surface area contributed by atoms with Crippen molar-refractivity contribution in [3.8, 4) is 27.9 Å². The summed E-state index contributed by atoms with van der Waals surface area (Å²) in [5.41, 5.74) is 0.853. The zero-order valence-corrected chi connectivity index (χ0v) is 18.6. The Hall–Kier alpha value is -2.69. The Kier molecular flexibility index (Phi) is 6.01. The summed E-state index contributed by atoms with van der Waals surface area (Å²) in [4.78, 5) is 1.09. The van der Waals surface area contributed by atoms with Crippen LogP contribution >= 0.6 is 23.1 Å². The molecule has 0 aliphatic carbocycles. The molecular formula is C21H21N5O3S2. The Labute approximate surface area is 187 Å². The Bertz CT molecular complexity index is 1120. The van der Waals surface area contributed by atoms with E-state index in [9.17, 15) is 0 Å². The summed E-state index contributed by atoms with van der Waals surface area (Å²) in [5, 5.41) is 20.1. The van der Waals surface area contributed by atoms with E-state index < -0.39 is 0 Å². The van der Waals surface area contributed by atoms with Crippen molar-refractivity contribution < 1.29 is 13.9 Å². The molecule has 0 N–H and O–H groups in total. The average Bonchev–Trinajstić information content (AvgIpc) is 3.61. The SMILES string of the molecule is COc1ccc(-c2nnc(CSc3nnc(-c4cccs4)n3C[C@H]3CCCO3)o2)cc1. The highest BCUT2D eigenvalue weighted by Crippen LogP contribution is 2.31. The highest BCUT2D eigenvalue weighted by atomic mass is 32.2. The number of hydrogen-bond acceptors (Lipinski definition) is 9. The number of rotatable bonds is 8. The molecule has 0 saturated carbocycles. The molecule has 4 heterocycles. The quantitative estimate of drug-likeness (QED) is 0.358. The summed E-state index contributed by atoms with van der Waals surface area (Å²) in [5.74, 6) is 3.19. The maximum atomic E-state index is 5.85. The fraction of sp³-hybridized carbons (Fsp3) is 0.333. The van der Waals surface area contributed by atoms with Crippen LogP contribution in [-0.4, -0.2) is 44.8 Å². The molecule has 1 atom stereocenters. The van der Waals surface area contributed by atoms with Gasteiger partial charge in [0.1, 0.15) is 5.75 Å². The number of hydrogen-bond donors (Lipinski definition) is 0. The first-order valence-electron chi connectivity index (χ1n) is 9.98. The molecule has 1 saturated heterocycles. The zero-order valence-electron chi connectivity index (χ0n) is 16.9. The first-order chi connectivity index (χ1) is 15.3. The van der Waals surface area contributed by atoms with Gasteiger partial charge >= 0.3 is 0 Å². The smallest absolute Gasteiger partial charge is 0.247 e.